The summed E-state index contributed by atoms with van der Waals surface area (Å²) in [4.78, 5) is 38.3. The van der Waals surface area contributed by atoms with Gasteiger partial charge in [0.2, 0.25) is 5.91 Å². The topological polar surface area (TPSA) is 92.7 Å². The number of carboxylic acids is 1. The first-order valence-electron chi connectivity index (χ1n) is 9.67. The fourth-order valence-corrected chi connectivity index (χ4v) is 6.78. The number of nitrogens with one attached hydrogen (secondary N) is 1. The van der Waals surface area contributed by atoms with Gasteiger partial charge in [-0.05, 0) is 61.8 Å². The van der Waals surface area contributed by atoms with Crippen LogP contribution in [0.25, 0.3) is 0 Å². The molecule has 2 saturated carbocycles. The average Bonchev–Trinajstić information content (AvgIpc) is 3.32. The first-order valence-corrected chi connectivity index (χ1v) is 10.5. The summed E-state index contributed by atoms with van der Waals surface area (Å²) in [6.45, 7) is 2.19. The van der Waals surface area contributed by atoms with E-state index in [0.717, 1.165) is 49.0 Å². The number of aliphatic carboxylic acids is 1. The summed E-state index contributed by atoms with van der Waals surface area (Å²) in [7, 11) is 1.35. The van der Waals surface area contributed by atoms with Crippen molar-refractivity contribution in [3.63, 3.8) is 0 Å². The van der Waals surface area contributed by atoms with Crippen LogP contribution in [0.15, 0.2) is 0 Å². The van der Waals surface area contributed by atoms with E-state index in [1.807, 2.05) is 0 Å². The number of carbonyl (C=O) groups is 3. The van der Waals surface area contributed by atoms with Crippen LogP contribution >= 0.6 is 11.3 Å². The van der Waals surface area contributed by atoms with Crippen LogP contribution in [0.2, 0.25) is 0 Å². The SMILES string of the molecule is COC(=O)c1c(NC(=O)[C@@H]2[C@H]3CC[C@@H](C3)[C@H]2C(=O)O)sc2c1CC[C@@H](C)C2. The molecule has 4 rings (SSSR count). The number of carbonyl (C=O) groups excluding carboxylic acids is 2. The normalized spacial score (nSPS) is 31.4. The third-order valence-corrected chi connectivity index (χ3v) is 7.81. The Morgan fingerprint density at radius 2 is 1.85 bits per heavy atom. The maximum Gasteiger partial charge on any atom is 0.341 e. The Morgan fingerprint density at radius 3 is 2.52 bits per heavy atom. The van der Waals surface area contributed by atoms with Crippen molar-refractivity contribution in [2.75, 3.05) is 12.4 Å². The van der Waals surface area contributed by atoms with E-state index < -0.39 is 23.8 Å². The Morgan fingerprint density at radius 1 is 1.15 bits per heavy atom. The zero-order chi connectivity index (χ0) is 19.3. The predicted molar refractivity (Wildman–Crippen MR) is 101 cm³/mol. The number of rotatable bonds is 4. The van der Waals surface area contributed by atoms with Crippen molar-refractivity contribution in [1.29, 1.82) is 0 Å². The highest BCUT2D eigenvalue weighted by Gasteiger charge is 2.54. The molecule has 27 heavy (non-hydrogen) atoms. The molecule has 3 aliphatic rings. The van der Waals surface area contributed by atoms with Crippen LogP contribution in [0.1, 0.15) is 53.4 Å². The minimum atomic E-state index is -0.880. The lowest BCUT2D eigenvalue weighted by Gasteiger charge is -2.26. The number of carboxylic acid groups (broad SMARTS) is 1. The molecule has 1 aromatic rings. The molecule has 0 aliphatic heterocycles. The number of anilines is 1. The Balaban J connectivity index is 1.63. The van der Waals surface area contributed by atoms with Crippen molar-refractivity contribution in [2.45, 2.75) is 45.4 Å². The second-order valence-electron chi connectivity index (χ2n) is 8.26. The molecule has 5 atom stereocenters. The van der Waals surface area contributed by atoms with E-state index in [0.29, 0.717) is 16.5 Å². The van der Waals surface area contributed by atoms with Crippen LogP contribution in [0.5, 0.6) is 0 Å². The van der Waals surface area contributed by atoms with E-state index in [1.165, 1.54) is 18.4 Å². The number of thiophene rings is 1. The maximum atomic E-state index is 13.0. The van der Waals surface area contributed by atoms with Crippen LogP contribution in [-0.4, -0.2) is 30.1 Å². The quantitative estimate of drug-likeness (QED) is 0.768. The maximum absolute atomic E-state index is 13.0. The molecule has 1 aromatic heterocycles. The van der Waals surface area contributed by atoms with Gasteiger partial charge >= 0.3 is 11.9 Å². The molecule has 6 nitrogen and oxygen atoms in total. The van der Waals surface area contributed by atoms with Crippen molar-refractivity contribution >= 4 is 34.2 Å². The van der Waals surface area contributed by atoms with Crippen molar-refractivity contribution in [2.24, 2.45) is 29.6 Å². The molecular formula is C20H25NO5S. The highest BCUT2D eigenvalue weighted by atomic mass is 32.1. The number of esters is 1. The largest absolute Gasteiger partial charge is 0.481 e. The number of fused-ring (bicyclic) bond motifs is 3. The molecule has 146 valence electrons. The van der Waals surface area contributed by atoms with E-state index in [9.17, 15) is 19.5 Å². The molecule has 2 N–H and O–H groups in total. The van der Waals surface area contributed by atoms with Gasteiger partial charge in [0.05, 0.1) is 24.5 Å². The molecule has 7 heteroatoms. The van der Waals surface area contributed by atoms with Crippen LogP contribution < -0.4 is 5.32 Å². The van der Waals surface area contributed by atoms with E-state index >= 15 is 0 Å². The fourth-order valence-electron chi connectivity index (χ4n) is 5.38. The second kappa shape index (κ2) is 6.93. The van der Waals surface area contributed by atoms with E-state index in [4.69, 9.17) is 4.74 Å². The minimum Gasteiger partial charge on any atom is -0.481 e. The first kappa shape index (κ1) is 18.5. The average molecular weight is 391 g/mol. The molecule has 1 amide bonds. The van der Waals surface area contributed by atoms with Crippen molar-refractivity contribution in [1.82, 2.24) is 0 Å². The molecular weight excluding hydrogens is 366 g/mol. The highest BCUT2D eigenvalue weighted by Crippen LogP contribution is 2.53. The molecule has 2 bridgehead atoms. The van der Waals surface area contributed by atoms with Gasteiger partial charge in [-0.2, -0.15) is 0 Å². The van der Waals surface area contributed by atoms with Gasteiger partial charge in [-0.1, -0.05) is 6.92 Å². The Bertz CT molecular complexity index is 801. The molecule has 3 aliphatic carbocycles. The number of ether oxygens (including phenoxy) is 1. The Labute approximate surface area is 162 Å². The van der Waals surface area contributed by atoms with Crippen LogP contribution in [0, 0.1) is 29.6 Å². The number of hydrogen-bond acceptors (Lipinski definition) is 5. The van der Waals surface area contributed by atoms with Crippen molar-refractivity contribution in [3.05, 3.63) is 16.0 Å². The Hall–Kier alpha value is -1.89. The van der Waals surface area contributed by atoms with Crippen LogP contribution in [0.4, 0.5) is 5.00 Å². The molecule has 0 saturated heterocycles. The van der Waals surface area contributed by atoms with Gasteiger partial charge in [0.1, 0.15) is 5.00 Å². The monoisotopic (exact) mass is 391 g/mol. The van der Waals surface area contributed by atoms with E-state index in [-0.39, 0.29) is 17.7 Å². The zero-order valence-electron chi connectivity index (χ0n) is 15.6. The lowest BCUT2D eigenvalue weighted by Crippen LogP contribution is -2.38. The summed E-state index contributed by atoms with van der Waals surface area (Å²) >= 11 is 1.45. The fraction of sp³-hybridized carbons (Fsp3) is 0.650. The zero-order valence-corrected chi connectivity index (χ0v) is 16.4. The van der Waals surface area contributed by atoms with E-state index in [1.54, 1.807) is 0 Å². The van der Waals surface area contributed by atoms with Crippen LogP contribution in [0.3, 0.4) is 0 Å². The highest BCUT2D eigenvalue weighted by molar-refractivity contribution is 7.17. The van der Waals surface area contributed by atoms with Gasteiger partial charge in [-0.25, -0.2) is 4.79 Å². The second-order valence-corrected chi connectivity index (χ2v) is 9.36. The molecule has 2 fully saturated rings. The standard InChI is InChI=1S/C20H25NO5S/c1-9-3-6-12-13(7-9)27-18(16(12)20(25)26-2)21-17(22)14-10-4-5-11(8-10)15(14)19(23)24/h9-11,14-15H,3-8H2,1-2H3,(H,21,22)(H,23,24)/t9-,10+,11+,14-,15-/m1/s1. The molecule has 0 unspecified atom stereocenters. The third-order valence-electron chi connectivity index (χ3n) is 6.64. The van der Waals surface area contributed by atoms with Gasteiger partial charge < -0.3 is 15.2 Å². The first-order chi connectivity index (χ1) is 12.9. The van der Waals surface area contributed by atoms with Crippen LogP contribution in [-0.2, 0) is 27.2 Å². The minimum absolute atomic E-state index is 0.0979. The smallest absolute Gasteiger partial charge is 0.341 e. The summed E-state index contributed by atoms with van der Waals surface area (Å²) in [6.07, 6.45) is 5.33. The lowest BCUT2D eigenvalue weighted by atomic mass is 9.78. The lowest BCUT2D eigenvalue weighted by molar-refractivity contribution is -0.148. The molecule has 0 radical (unpaired) electrons. The van der Waals surface area contributed by atoms with Gasteiger partial charge in [0, 0.05) is 4.88 Å². The summed E-state index contributed by atoms with van der Waals surface area (Å²) in [6, 6.07) is 0. The predicted octanol–water partition coefficient (Wildman–Crippen LogP) is 3.34. The number of hydrogen-bond donors (Lipinski definition) is 2. The van der Waals surface area contributed by atoms with Gasteiger partial charge in [0.25, 0.3) is 0 Å². The van der Waals surface area contributed by atoms with Crippen molar-refractivity contribution < 1.29 is 24.2 Å². The number of amides is 1. The van der Waals surface area contributed by atoms with Gasteiger partial charge in [-0.15, -0.1) is 11.3 Å². The number of methoxy groups -OCH3 is 1. The molecule has 0 aromatic carbocycles. The summed E-state index contributed by atoms with van der Waals surface area (Å²) in [5.41, 5.74) is 1.45. The van der Waals surface area contributed by atoms with Gasteiger partial charge in [-0.3, -0.25) is 9.59 Å². The summed E-state index contributed by atoms with van der Waals surface area (Å²) < 4.78 is 4.97. The molecule has 0 spiro atoms. The molecule has 1 heterocycles. The third kappa shape index (κ3) is 3.06. The van der Waals surface area contributed by atoms with E-state index in [2.05, 4.69) is 12.2 Å². The Kier molecular flexibility index (Phi) is 4.74. The summed E-state index contributed by atoms with van der Waals surface area (Å²) in [5, 5.41) is 13.1. The van der Waals surface area contributed by atoms with Crippen molar-refractivity contribution in [3.8, 4) is 0 Å². The summed E-state index contributed by atoms with van der Waals surface area (Å²) in [5.74, 6) is -1.91. The van der Waals surface area contributed by atoms with Gasteiger partial charge in [0.15, 0.2) is 0 Å².